The third-order valence-corrected chi connectivity index (χ3v) is 2.95. The van der Waals surface area contributed by atoms with Crippen molar-refractivity contribution in [2.45, 2.75) is 0 Å². The average molecular weight is 274 g/mol. The van der Waals surface area contributed by atoms with E-state index in [1.165, 1.54) is 12.3 Å². The summed E-state index contributed by atoms with van der Waals surface area (Å²) in [6, 6.07) is 8.77. The molecule has 3 aromatic rings. The lowest BCUT2D eigenvalue weighted by molar-refractivity contribution is 0.626. The molecule has 0 radical (unpaired) electrons. The summed E-state index contributed by atoms with van der Waals surface area (Å²) in [5.74, 6) is -0.340. The number of hydrogen-bond donors (Lipinski definition) is 1. The minimum atomic E-state index is -0.487. The van der Waals surface area contributed by atoms with E-state index in [9.17, 15) is 4.39 Å². The first kappa shape index (κ1) is 11.9. The highest BCUT2D eigenvalue weighted by molar-refractivity contribution is 6.30. The molecule has 0 aliphatic heterocycles. The number of benzene rings is 1. The molecule has 1 aromatic carbocycles. The normalized spacial score (nSPS) is 10.6. The molecule has 0 fully saturated rings. The number of nitrogens with one attached hydrogen (secondary N) is 1. The van der Waals surface area contributed by atoms with Crippen molar-refractivity contribution in [1.82, 2.24) is 9.97 Å². The van der Waals surface area contributed by atoms with E-state index in [1.807, 2.05) is 24.3 Å². The first-order chi connectivity index (χ1) is 9.24. The van der Waals surface area contributed by atoms with Crippen molar-refractivity contribution in [2.75, 3.05) is 5.32 Å². The molecular weight excluding hydrogens is 265 g/mol. The van der Waals surface area contributed by atoms with Crippen molar-refractivity contribution in [2.24, 2.45) is 0 Å². The van der Waals surface area contributed by atoms with Crippen LogP contribution in [0.25, 0.3) is 10.8 Å². The van der Waals surface area contributed by atoms with Crippen LogP contribution in [-0.4, -0.2) is 9.97 Å². The first-order valence-electron chi connectivity index (χ1n) is 5.65. The Morgan fingerprint density at radius 2 is 2.05 bits per heavy atom. The Hall–Kier alpha value is -2.20. The predicted octanol–water partition coefficient (Wildman–Crippen LogP) is 4.17. The van der Waals surface area contributed by atoms with Crippen LogP contribution >= 0.6 is 11.6 Å². The largest absolute Gasteiger partial charge is 0.337 e. The minimum absolute atomic E-state index is 0.147. The van der Waals surface area contributed by atoms with E-state index in [0.29, 0.717) is 0 Å². The van der Waals surface area contributed by atoms with E-state index < -0.39 is 5.82 Å². The minimum Gasteiger partial charge on any atom is -0.337 e. The molecule has 2 aromatic heterocycles. The molecule has 0 unspecified atom stereocenters. The Morgan fingerprint density at radius 1 is 1.16 bits per heavy atom. The summed E-state index contributed by atoms with van der Waals surface area (Å²) in [5.41, 5.74) is 0.772. The Balaban J connectivity index is 2.06. The third kappa shape index (κ3) is 2.35. The smallest absolute Gasteiger partial charge is 0.167 e. The van der Waals surface area contributed by atoms with E-state index in [-0.39, 0.29) is 10.8 Å². The van der Waals surface area contributed by atoms with Gasteiger partial charge in [0.1, 0.15) is 0 Å². The number of rotatable bonds is 2. The van der Waals surface area contributed by atoms with Crippen LogP contribution in [0, 0.1) is 5.82 Å². The highest BCUT2D eigenvalue weighted by Crippen LogP contribution is 2.26. The zero-order chi connectivity index (χ0) is 13.2. The predicted molar refractivity (Wildman–Crippen MR) is 74.2 cm³/mol. The number of fused-ring (bicyclic) bond motifs is 1. The van der Waals surface area contributed by atoms with Crippen LogP contribution < -0.4 is 5.32 Å². The Bertz CT molecular complexity index is 740. The van der Waals surface area contributed by atoms with Crippen molar-refractivity contribution in [1.29, 1.82) is 0 Å². The summed E-state index contributed by atoms with van der Waals surface area (Å²) in [5, 5.41) is 5.16. The van der Waals surface area contributed by atoms with Crippen molar-refractivity contribution in [3.63, 3.8) is 0 Å². The molecule has 0 aliphatic carbocycles. The summed E-state index contributed by atoms with van der Waals surface area (Å²) in [6.07, 6.45) is 4.85. The summed E-state index contributed by atoms with van der Waals surface area (Å²) in [6.45, 7) is 0. The van der Waals surface area contributed by atoms with Crippen LogP contribution in [0.1, 0.15) is 0 Å². The van der Waals surface area contributed by atoms with Crippen molar-refractivity contribution in [3.8, 4) is 0 Å². The number of aromatic nitrogens is 2. The molecule has 19 heavy (non-hydrogen) atoms. The first-order valence-corrected chi connectivity index (χ1v) is 6.02. The lowest BCUT2D eigenvalue weighted by Crippen LogP contribution is -1.97. The molecule has 0 atom stereocenters. The maximum atomic E-state index is 13.7. The van der Waals surface area contributed by atoms with Crippen LogP contribution in [0.4, 0.5) is 15.9 Å². The maximum Gasteiger partial charge on any atom is 0.167 e. The highest BCUT2D eigenvalue weighted by atomic mass is 35.5. The van der Waals surface area contributed by atoms with Gasteiger partial charge in [0.25, 0.3) is 0 Å². The second kappa shape index (κ2) is 4.82. The molecule has 94 valence electrons. The van der Waals surface area contributed by atoms with Gasteiger partial charge in [0, 0.05) is 35.1 Å². The second-order valence-electron chi connectivity index (χ2n) is 4.01. The fraction of sp³-hybridized carbons (Fsp3) is 0. The van der Waals surface area contributed by atoms with Gasteiger partial charge in [0.2, 0.25) is 0 Å². The molecule has 0 aliphatic rings. The fourth-order valence-electron chi connectivity index (χ4n) is 1.87. The Kier molecular flexibility index (Phi) is 3.01. The van der Waals surface area contributed by atoms with Crippen molar-refractivity contribution >= 4 is 33.9 Å². The average Bonchev–Trinajstić information content (AvgIpc) is 2.42. The molecule has 3 rings (SSSR count). The molecule has 1 N–H and O–H groups in total. The number of pyridine rings is 2. The van der Waals surface area contributed by atoms with Gasteiger partial charge in [0.15, 0.2) is 11.6 Å². The van der Waals surface area contributed by atoms with E-state index >= 15 is 0 Å². The number of anilines is 2. The number of halogens is 2. The van der Waals surface area contributed by atoms with Gasteiger partial charge in [-0.25, -0.2) is 9.37 Å². The zero-order valence-corrected chi connectivity index (χ0v) is 10.5. The molecule has 3 nitrogen and oxygen atoms in total. The van der Waals surface area contributed by atoms with Crippen molar-refractivity contribution < 1.29 is 4.39 Å². The molecule has 0 saturated heterocycles. The summed E-state index contributed by atoms with van der Waals surface area (Å²) >= 11 is 5.68. The number of nitrogens with zero attached hydrogens (tertiary/aromatic N) is 2. The molecule has 5 heteroatoms. The second-order valence-corrected chi connectivity index (χ2v) is 4.45. The SMILES string of the molecule is Fc1cc(Cl)cnc1Nc1cccc2cnccc12. The van der Waals surface area contributed by atoms with Gasteiger partial charge in [-0.05, 0) is 18.2 Å². The van der Waals surface area contributed by atoms with E-state index in [1.54, 1.807) is 12.4 Å². The van der Waals surface area contributed by atoms with Gasteiger partial charge in [-0.1, -0.05) is 23.7 Å². The summed E-state index contributed by atoms with van der Waals surface area (Å²) < 4.78 is 13.7. The molecule has 0 amide bonds. The van der Waals surface area contributed by atoms with Gasteiger partial charge >= 0.3 is 0 Å². The molecule has 2 heterocycles. The van der Waals surface area contributed by atoms with Crippen LogP contribution in [0.5, 0.6) is 0 Å². The quantitative estimate of drug-likeness (QED) is 0.762. The van der Waals surface area contributed by atoms with Crippen LogP contribution in [0.3, 0.4) is 0 Å². The Morgan fingerprint density at radius 3 is 2.89 bits per heavy atom. The highest BCUT2D eigenvalue weighted by Gasteiger charge is 2.07. The van der Waals surface area contributed by atoms with Crippen LogP contribution in [0.2, 0.25) is 5.02 Å². The lowest BCUT2D eigenvalue weighted by atomic mass is 10.1. The standard InChI is InChI=1S/C14H9ClFN3/c15-10-6-12(16)14(18-8-10)19-13-3-1-2-9-7-17-5-4-11(9)13/h1-8H,(H,18,19). The van der Waals surface area contributed by atoms with E-state index in [0.717, 1.165) is 16.5 Å². The van der Waals surface area contributed by atoms with Crippen LogP contribution in [0.15, 0.2) is 48.9 Å². The van der Waals surface area contributed by atoms with Gasteiger partial charge in [-0.3, -0.25) is 4.98 Å². The lowest BCUT2D eigenvalue weighted by Gasteiger charge is -2.09. The molecule has 0 spiro atoms. The Labute approximate surface area is 114 Å². The summed E-state index contributed by atoms with van der Waals surface area (Å²) in [4.78, 5) is 8.00. The van der Waals surface area contributed by atoms with Gasteiger partial charge in [-0.15, -0.1) is 0 Å². The zero-order valence-electron chi connectivity index (χ0n) is 9.77. The molecular formula is C14H9ClFN3. The monoisotopic (exact) mass is 273 g/mol. The van der Waals surface area contributed by atoms with E-state index in [2.05, 4.69) is 15.3 Å². The third-order valence-electron chi connectivity index (χ3n) is 2.74. The van der Waals surface area contributed by atoms with Gasteiger partial charge < -0.3 is 5.32 Å². The molecule has 0 bridgehead atoms. The fourth-order valence-corrected chi connectivity index (χ4v) is 2.01. The summed E-state index contributed by atoms with van der Waals surface area (Å²) in [7, 11) is 0. The maximum absolute atomic E-state index is 13.7. The van der Waals surface area contributed by atoms with Gasteiger partial charge in [-0.2, -0.15) is 0 Å². The van der Waals surface area contributed by atoms with Gasteiger partial charge in [0.05, 0.1) is 5.02 Å². The molecule has 0 saturated carbocycles. The number of hydrogen-bond acceptors (Lipinski definition) is 3. The van der Waals surface area contributed by atoms with Crippen molar-refractivity contribution in [3.05, 3.63) is 59.8 Å². The van der Waals surface area contributed by atoms with E-state index in [4.69, 9.17) is 11.6 Å². The van der Waals surface area contributed by atoms with Crippen LogP contribution in [-0.2, 0) is 0 Å². The topological polar surface area (TPSA) is 37.8 Å².